The molecule has 0 saturated carbocycles. The molecule has 3 nitrogen and oxygen atoms in total. The van der Waals surface area contributed by atoms with Gasteiger partial charge in [0, 0.05) is 6.08 Å². The molecule has 2 aromatic carbocycles. The third-order valence-corrected chi connectivity index (χ3v) is 3.56. The van der Waals surface area contributed by atoms with E-state index in [1.165, 1.54) is 11.6 Å². The zero-order valence-corrected chi connectivity index (χ0v) is 12.4. The molecule has 2 aromatic rings. The first-order valence-corrected chi connectivity index (χ1v) is 7.16. The highest BCUT2D eigenvalue weighted by atomic mass is 16.5. The molecule has 0 bridgehead atoms. The number of methoxy groups -OCH3 is 1. The minimum absolute atomic E-state index is 0.819. The van der Waals surface area contributed by atoms with Crippen LogP contribution in [0.5, 0.6) is 5.75 Å². The summed E-state index contributed by atoms with van der Waals surface area (Å²) in [6, 6.07) is 10.0. The van der Waals surface area contributed by atoms with Crippen LogP contribution in [0.25, 0.3) is 16.8 Å². The van der Waals surface area contributed by atoms with Crippen molar-refractivity contribution in [2.24, 2.45) is 0 Å². The van der Waals surface area contributed by atoms with Crippen molar-refractivity contribution in [1.29, 1.82) is 0 Å². The maximum Gasteiger partial charge on any atom is 0.328 e. The van der Waals surface area contributed by atoms with Gasteiger partial charge in [-0.3, -0.25) is 0 Å². The number of hydrogen-bond donors (Lipinski definition) is 1. The number of unbranched alkanes of at least 4 members (excludes halogenated alkanes) is 1. The average Bonchev–Trinajstić information content (AvgIpc) is 2.50. The average molecular weight is 284 g/mol. The lowest BCUT2D eigenvalue weighted by Crippen LogP contribution is -1.94. The molecule has 1 N–H and O–H groups in total. The van der Waals surface area contributed by atoms with Crippen LogP contribution in [0, 0.1) is 0 Å². The molecule has 0 saturated heterocycles. The predicted molar refractivity (Wildman–Crippen MR) is 85.8 cm³/mol. The first-order valence-electron chi connectivity index (χ1n) is 7.16. The molecule has 0 heterocycles. The fourth-order valence-electron chi connectivity index (χ4n) is 2.45. The van der Waals surface area contributed by atoms with E-state index >= 15 is 0 Å². The highest BCUT2D eigenvalue weighted by molar-refractivity contribution is 5.92. The largest absolute Gasteiger partial charge is 0.497 e. The van der Waals surface area contributed by atoms with Gasteiger partial charge in [0.2, 0.25) is 0 Å². The lowest BCUT2D eigenvalue weighted by Gasteiger charge is -2.12. The van der Waals surface area contributed by atoms with Crippen LogP contribution in [0.2, 0.25) is 0 Å². The van der Waals surface area contributed by atoms with Crippen LogP contribution in [0.3, 0.4) is 0 Å². The van der Waals surface area contributed by atoms with Crippen molar-refractivity contribution in [1.82, 2.24) is 0 Å². The van der Waals surface area contributed by atoms with E-state index in [9.17, 15) is 4.79 Å². The Morgan fingerprint density at radius 1 is 1.29 bits per heavy atom. The van der Waals surface area contributed by atoms with Gasteiger partial charge >= 0.3 is 5.97 Å². The van der Waals surface area contributed by atoms with Crippen molar-refractivity contribution < 1.29 is 14.6 Å². The molecule has 3 heteroatoms. The van der Waals surface area contributed by atoms with Crippen molar-refractivity contribution in [2.75, 3.05) is 7.11 Å². The van der Waals surface area contributed by atoms with E-state index in [1.54, 1.807) is 13.2 Å². The lowest BCUT2D eigenvalue weighted by molar-refractivity contribution is -0.131. The molecule has 0 fully saturated rings. The maximum absolute atomic E-state index is 10.8. The third-order valence-electron chi connectivity index (χ3n) is 3.56. The normalized spacial score (nSPS) is 11.1. The first kappa shape index (κ1) is 15.1. The van der Waals surface area contributed by atoms with Crippen molar-refractivity contribution in [3.8, 4) is 5.75 Å². The second-order valence-electron chi connectivity index (χ2n) is 5.00. The van der Waals surface area contributed by atoms with Crippen molar-refractivity contribution in [3.05, 3.63) is 47.5 Å². The summed E-state index contributed by atoms with van der Waals surface area (Å²) < 4.78 is 5.31. The monoisotopic (exact) mass is 284 g/mol. The predicted octanol–water partition coefficient (Wildman–Crippen LogP) is 4.29. The summed E-state index contributed by atoms with van der Waals surface area (Å²) in [6.07, 6.45) is 5.97. The first-order chi connectivity index (χ1) is 10.2. The number of fused-ring (bicyclic) bond motifs is 1. The SMILES string of the molecule is CCCCc1c(/C=C/C(=O)O)ccc2ccc(OC)cc12. The van der Waals surface area contributed by atoms with Crippen molar-refractivity contribution in [2.45, 2.75) is 26.2 Å². The number of carboxylic acids is 1. The molecule has 110 valence electrons. The Morgan fingerprint density at radius 3 is 2.71 bits per heavy atom. The molecule has 0 atom stereocenters. The molecule has 2 rings (SSSR count). The molecule has 0 amide bonds. The number of carboxylic acid groups (broad SMARTS) is 1. The number of hydrogen-bond acceptors (Lipinski definition) is 2. The van der Waals surface area contributed by atoms with Crippen LogP contribution in [0.1, 0.15) is 30.9 Å². The topological polar surface area (TPSA) is 46.5 Å². The summed E-state index contributed by atoms with van der Waals surface area (Å²) in [5, 5.41) is 11.1. The Hall–Kier alpha value is -2.29. The van der Waals surface area contributed by atoms with Gasteiger partial charge < -0.3 is 9.84 Å². The second kappa shape index (κ2) is 6.93. The number of aliphatic carboxylic acids is 1. The van der Waals surface area contributed by atoms with Crippen molar-refractivity contribution >= 4 is 22.8 Å². The molecule has 0 radical (unpaired) electrons. The highest BCUT2D eigenvalue weighted by Crippen LogP contribution is 2.28. The van der Waals surface area contributed by atoms with Crippen LogP contribution >= 0.6 is 0 Å². The maximum atomic E-state index is 10.8. The molecule has 0 aliphatic carbocycles. The number of benzene rings is 2. The number of aryl methyl sites for hydroxylation is 1. The van der Waals surface area contributed by atoms with Crippen LogP contribution in [-0.4, -0.2) is 18.2 Å². The Balaban J connectivity index is 2.58. The van der Waals surface area contributed by atoms with E-state index in [4.69, 9.17) is 9.84 Å². The second-order valence-corrected chi connectivity index (χ2v) is 5.00. The van der Waals surface area contributed by atoms with Gasteiger partial charge in [0.15, 0.2) is 0 Å². The van der Waals surface area contributed by atoms with E-state index in [1.807, 2.05) is 30.3 Å². The van der Waals surface area contributed by atoms with E-state index in [2.05, 4.69) is 6.92 Å². The van der Waals surface area contributed by atoms with E-state index in [0.29, 0.717) is 0 Å². The van der Waals surface area contributed by atoms with Gasteiger partial charge in [-0.25, -0.2) is 4.79 Å². The Kier molecular flexibility index (Phi) is 4.99. The van der Waals surface area contributed by atoms with Gasteiger partial charge in [-0.15, -0.1) is 0 Å². The highest BCUT2D eigenvalue weighted by Gasteiger charge is 2.07. The minimum Gasteiger partial charge on any atom is -0.497 e. The molecule has 0 aliphatic heterocycles. The zero-order valence-electron chi connectivity index (χ0n) is 12.4. The van der Waals surface area contributed by atoms with Gasteiger partial charge in [0.05, 0.1) is 7.11 Å². The minimum atomic E-state index is -0.929. The van der Waals surface area contributed by atoms with Gasteiger partial charge in [-0.2, -0.15) is 0 Å². The summed E-state index contributed by atoms with van der Waals surface area (Å²) in [6.45, 7) is 2.15. The summed E-state index contributed by atoms with van der Waals surface area (Å²) in [5.41, 5.74) is 2.15. The smallest absolute Gasteiger partial charge is 0.328 e. The van der Waals surface area contributed by atoms with Crippen LogP contribution in [0.4, 0.5) is 0 Å². The molecule has 0 spiro atoms. The number of rotatable bonds is 6. The molecular weight excluding hydrogens is 264 g/mol. The number of carbonyl (C=O) groups is 1. The van der Waals surface area contributed by atoms with Crippen LogP contribution in [0.15, 0.2) is 36.4 Å². The van der Waals surface area contributed by atoms with Gasteiger partial charge in [0.1, 0.15) is 5.75 Å². The Morgan fingerprint density at radius 2 is 2.05 bits per heavy atom. The summed E-state index contributed by atoms with van der Waals surface area (Å²) >= 11 is 0. The lowest BCUT2D eigenvalue weighted by atomic mass is 9.94. The summed E-state index contributed by atoms with van der Waals surface area (Å²) in [7, 11) is 1.65. The quantitative estimate of drug-likeness (QED) is 0.805. The fourth-order valence-corrected chi connectivity index (χ4v) is 2.45. The Labute approximate surface area is 124 Å². The van der Waals surface area contributed by atoms with E-state index in [-0.39, 0.29) is 0 Å². The van der Waals surface area contributed by atoms with Gasteiger partial charge in [-0.1, -0.05) is 31.5 Å². The molecule has 0 unspecified atom stereocenters. The zero-order chi connectivity index (χ0) is 15.2. The van der Waals surface area contributed by atoms with E-state index in [0.717, 1.165) is 41.3 Å². The Bertz CT molecular complexity index is 671. The molecule has 0 aromatic heterocycles. The molecule has 0 aliphatic rings. The van der Waals surface area contributed by atoms with Crippen LogP contribution < -0.4 is 4.74 Å². The van der Waals surface area contributed by atoms with Crippen LogP contribution in [-0.2, 0) is 11.2 Å². The van der Waals surface area contributed by atoms with Gasteiger partial charge in [0.25, 0.3) is 0 Å². The van der Waals surface area contributed by atoms with E-state index < -0.39 is 5.97 Å². The molecular formula is C18H20O3. The number of ether oxygens (including phenoxy) is 1. The molecule has 21 heavy (non-hydrogen) atoms. The summed E-state index contributed by atoms with van der Waals surface area (Å²) in [5.74, 6) is -0.109. The summed E-state index contributed by atoms with van der Waals surface area (Å²) in [4.78, 5) is 10.8. The van der Waals surface area contributed by atoms with Gasteiger partial charge in [-0.05, 0) is 52.9 Å². The third kappa shape index (κ3) is 3.63. The fraction of sp³-hybridized carbons (Fsp3) is 0.278. The standard InChI is InChI=1S/C18H20O3/c1-3-4-5-16-13(9-11-18(19)20)6-7-14-8-10-15(21-2)12-17(14)16/h6-12H,3-5H2,1-2H3,(H,19,20)/b11-9+. The van der Waals surface area contributed by atoms with Crippen molar-refractivity contribution in [3.63, 3.8) is 0 Å².